The molecule has 0 saturated heterocycles. The standard InChI is InChI=1S/C14H19N3O/c1-10-4-5-13(11(2)15)14(6-10)18-9-12-7-16-17(3)8-12/h4-8,11H,9,15H2,1-3H3/t11-/m1/s1. The number of hydrogen-bond donors (Lipinski definition) is 1. The lowest BCUT2D eigenvalue weighted by molar-refractivity contribution is 0.301. The first-order valence-electron chi connectivity index (χ1n) is 6.02. The van der Waals surface area contributed by atoms with Gasteiger partial charge in [0.25, 0.3) is 0 Å². The molecule has 0 spiro atoms. The van der Waals surface area contributed by atoms with Crippen molar-refractivity contribution in [2.75, 3.05) is 0 Å². The van der Waals surface area contributed by atoms with Gasteiger partial charge in [0.15, 0.2) is 0 Å². The maximum atomic E-state index is 5.94. The average molecular weight is 245 g/mol. The molecule has 0 saturated carbocycles. The van der Waals surface area contributed by atoms with E-state index in [2.05, 4.69) is 11.2 Å². The number of aromatic nitrogens is 2. The van der Waals surface area contributed by atoms with Crippen LogP contribution in [0.5, 0.6) is 5.75 Å². The summed E-state index contributed by atoms with van der Waals surface area (Å²) in [5, 5.41) is 4.12. The van der Waals surface area contributed by atoms with Gasteiger partial charge in [0.2, 0.25) is 0 Å². The molecule has 4 nitrogen and oxygen atoms in total. The predicted molar refractivity (Wildman–Crippen MR) is 71.3 cm³/mol. The number of benzene rings is 1. The highest BCUT2D eigenvalue weighted by atomic mass is 16.5. The Morgan fingerprint density at radius 1 is 1.44 bits per heavy atom. The molecule has 1 heterocycles. The molecule has 2 aromatic rings. The average Bonchev–Trinajstić information content (AvgIpc) is 2.72. The maximum absolute atomic E-state index is 5.94. The molecule has 2 rings (SSSR count). The summed E-state index contributed by atoms with van der Waals surface area (Å²) in [6, 6.07) is 6.07. The van der Waals surface area contributed by atoms with E-state index in [0.717, 1.165) is 16.9 Å². The van der Waals surface area contributed by atoms with Crippen LogP contribution >= 0.6 is 0 Å². The molecule has 0 aliphatic rings. The molecule has 0 amide bonds. The molecule has 96 valence electrons. The maximum Gasteiger partial charge on any atom is 0.124 e. The Hall–Kier alpha value is -1.81. The van der Waals surface area contributed by atoms with Gasteiger partial charge in [0.1, 0.15) is 12.4 Å². The minimum absolute atomic E-state index is 0.0329. The van der Waals surface area contributed by atoms with E-state index in [9.17, 15) is 0 Å². The van der Waals surface area contributed by atoms with Crippen LogP contribution in [-0.2, 0) is 13.7 Å². The second kappa shape index (κ2) is 5.23. The normalized spacial score (nSPS) is 12.4. The van der Waals surface area contributed by atoms with Crippen LogP contribution in [0.4, 0.5) is 0 Å². The molecular formula is C14H19N3O. The van der Waals surface area contributed by atoms with Gasteiger partial charge in [-0.2, -0.15) is 5.10 Å². The van der Waals surface area contributed by atoms with Crippen molar-refractivity contribution in [1.82, 2.24) is 9.78 Å². The fourth-order valence-electron chi connectivity index (χ4n) is 1.85. The SMILES string of the molecule is Cc1ccc([C@@H](C)N)c(OCc2cnn(C)c2)c1. The van der Waals surface area contributed by atoms with Crippen molar-refractivity contribution in [1.29, 1.82) is 0 Å². The largest absolute Gasteiger partial charge is 0.488 e. The zero-order valence-corrected chi connectivity index (χ0v) is 11.1. The molecule has 0 aliphatic heterocycles. The third-order valence-electron chi connectivity index (χ3n) is 2.81. The van der Waals surface area contributed by atoms with E-state index in [1.807, 2.05) is 39.2 Å². The minimum atomic E-state index is -0.0329. The van der Waals surface area contributed by atoms with Crippen LogP contribution in [0.1, 0.15) is 29.7 Å². The van der Waals surface area contributed by atoms with Crippen LogP contribution in [0.3, 0.4) is 0 Å². The summed E-state index contributed by atoms with van der Waals surface area (Å²) in [7, 11) is 1.89. The second-order valence-electron chi connectivity index (χ2n) is 4.64. The van der Waals surface area contributed by atoms with Gasteiger partial charge in [0.05, 0.1) is 6.20 Å². The first kappa shape index (κ1) is 12.6. The summed E-state index contributed by atoms with van der Waals surface area (Å²) >= 11 is 0. The Bertz CT molecular complexity index is 532. The predicted octanol–water partition coefficient (Wildman–Crippen LogP) is 2.33. The van der Waals surface area contributed by atoms with Crippen molar-refractivity contribution in [3.05, 3.63) is 47.3 Å². The molecule has 0 aliphatic carbocycles. The molecular weight excluding hydrogens is 226 g/mol. The molecule has 0 fully saturated rings. The number of nitrogens with two attached hydrogens (primary N) is 1. The lowest BCUT2D eigenvalue weighted by Crippen LogP contribution is -2.08. The molecule has 1 aromatic heterocycles. The third-order valence-corrected chi connectivity index (χ3v) is 2.81. The third kappa shape index (κ3) is 2.90. The van der Waals surface area contributed by atoms with Crippen molar-refractivity contribution in [2.45, 2.75) is 26.5 Å². The molecule has 18 heavy (non-hydrogen) atoms. The lowest BCUT2D eigenvalue weighted by Gasteiger charge is -2.14. The zero-order valence-electron chi connectivity index (χ0n) is 11.1. The Kier molecular flexibility index (Phi) is 3.67. The topological polar surface area (TPSA) is 53.1 Å². The molecule has 2 N–H and O–H groups in total. The zero-order chi connectivity index (χ0) is 13.1. The van der Waals surface area contributed by atoms with Crippen LogP contribution in [0.2, 0.25) is 0 Å². The fourth-order valence-corrected chi connectivity index (χ4v) is 1.85. The number of hydrogen-bond acceptors (Lipinski definition) is 3. The molecule has 4 heteroatoms. The van der Waals surface area contributed by atoms with Gasteiger partial charge >= 0.3 is 0 Å². The van der Waals surface area contributed by atoms with Crippen LogP contribution in [0.25, 0.3) is 0 Å². The van der Waals surface area contributed by atoms with Gasteiger partial charge in [-0.1, -0.05) is 12.1 Å². The Morgan fingerprint density at radius 3 is 2.83 bits per heavy atom. The second-order valence-corrected chi connectivity index (χ2v) is 4.64. The van der Waals surface area contributed by atoms with E-state index in [-0.39, 0.29) is 6.04 Å². The Balaban J connectivity index is 2.15. The van der Waals surface area contributed by atoms with Crippen LogP contribution in [0, 0.1) is 6.92 Å². The Labute approximate surface area is 107 Å². The lowest BCUT2D eigenvalue weighted by atomic mass is 10.1. The summed E-state index contributed by atoms with van der Waals surface area (Å²) in [5.41, 5.74) is 9.19. The van der Waals surface area contributed by atoms with E-state index in [1.54, 1.807) is 10.9 Å². The van der Waals surface area contributed by atoms with Gasteiger partial charge in [0, 0.05) is 30.4 Å². The first-order chi connectivity index (χ1) is 8.56. The number of rotatable bonds is 4. The smallest absolute Gasteiger partial charge is 0.124 e. The van der Waals surface area contributed by atoms with E-state index in [0.29, 0.717) is 6.61 Å². The van der Waals surface area contributed by atoms with Crippen LogP contribution < -0.4 is 10.5 Å². The van der Waals surface area contributed by atoms with E-state index < -0.39 is 0 Å². The fraction of sp³-hybridized carbons (Fsp3) is 0.357. The van der Waals surface area contributed by atoms with Crippen molar-refractivity contribution < 1.29 is 4.74 Å². The number of ether oxygens (including phenoxy) is 1. The quantitative estimate of drug-likeness (QED) is 0.899. The van der Waals surface area contributed by atoms with Crippen LogP contribution in [-0.4, -0.2) is 9.78 Å². The monoisotopic (exact) mass is 245 g/mol. The summed E-state index contributed by atoms with van der Waals surface area (Å²) in [6.07, 6.45) is 3.75. The number of nitrogens with zero attached hydrogens (tertiary/aromatic N) is 2. The van der Waals surface area contributed by atoms with Gasteiger partial charge < -0.3 is 10.5 Å². The summed E-state index contributed by atoms with van der Waals surface area (Å²) < 4.78 is 7.61. The van der Waals surface area contributed by atoms with Crippen molar-refractivity contribution in [3.63, 3.8) is 0 Å². The van der Waals surface area contributed by atoms with Crippen molar-refractivity contribution >= 4 is 0 Å². The van der Waals surface area contributed by atoms with E-state index >= 15 is 0 Å². The summed E-state index contributed by atoms with van der Waals surface area (Å²) in [6.45, 7) is 4.51. The van der Waals surface area contributed by atoms with Crippen LogP contribution in [0.15, 0.2) is 30.6 Å². The summed E-state index contributed by atoms with van der Waals surface area (Å²) in [4.78, 5) is 0. The first-order valence-corrected chi connectivity index (χ1v) is 6.02. The molecule has 1 aromatic carbocycles. The van der Waals surface area contributed by atoms with Gasteiger partial charge in [-0.05, 0) is 25.5 Å². The van der Waals surface area contributed by atoms with Crippen molar-refractivity contribution in [3.8, 4) is 5.75 Å². The minimum Gasteiger partial charge on any atom is -0.488 e. The van der Waals surface area contributed by atoms with Crippen molar-refractivity contribution in [2.24, 2.45) is 12.8 Å². The van der Waals surface area contributed by atoms with Gasteiger partial charge in [-0.15, -0.1) is 0 Å². The highest BCUT2D eigenvalue weighted by Crippen LogP contribution is 2.25. The van der Waals surface area contributed by atoms with E-state index in [4.69, 9.17) is 10.5 Å². The molecule has 0 radical (unpaired) electrons. The molecule has 0 bridgehead atoms. The highest BCUT2D eigenvalue weighted by molar-refractivity contribution is 5.39. The molecule has 1 atom stereocenters. The summed E-state index contributed by atoms with van der Waals surface area (Å²) in [5.74, 6) is 0.855. The highest BCUT2D eigenvalue weighted by Gasteiger charge is 2.09. The molecule has 0 unspecified atom stereocenters. The Morgan fingerprint density at radius 2 is 2.22 bits per heavy atom. The number of aryl methyl sites for hydroxylation is 2. The van der Waals surface area contributed by atoms with Gasteiger partial charge in [-0.3, -0.25) is 4.68 Å². The van der Waals surface area contributed by atoms with E-state index in [1.165, 1.54) is 5.56 Å². The van der Waals surface area contributed by atoms with Gasteiger partial charge in [-0.25, -0.2) is 0 Å².